The maximum absolute atomic E-state index is 2.48. The van der Waals surface area contributed by atoms with Crippen LogP contribution in [0.25, 0.3) is 99.5 Å². The Morgan fingerprint density at radius 2 is 0.651 bits per heavy atom. The summed E-state index contributed by atoms with van der Waals surface area (Å²) in [4.78, 5) is 0. The second-order valence-electron chi connectivity index (χ2n) is 17.2. The third-order valence-corrected chi connectivity index (χ3v) is 14.1. The molecule has 0 unspecified atom stereocenters. The monoisotopic (exact) mass is 798 g/mol. The van der Waals surface area contributed by atoms with Crippen molar-refractivity contribution in [2.45, 2.75) is 5.41 Å². The predicted octanol–water partition coefficient (Wildman–Crippen LogP) is 15.6. The van der Waals surface area contributed by atoms with Crippen molar-refractivity contribution in [2.24, 2.45) is 0 Å². The molecule has 0 fully saturated rings. The largest absolute Gasteiger partial charge is 0.309 e. The van der Waals surface area contributed by atoms with Gasteiger partial charge in [-0.3, -0.25) is 0 Å². The van der Waals surface area contributed by atoms with Crippen molar-refractivity contribution in [3.05, 3.63) is 253 Å². The molecule has 2 heteroatoms. The van der Waals surface area contributed by atoms with E-state index in [2.05, 4.69) is 240 Å². The van der Waals surface area contributed by atoms with E-state index in [4.69, 9.17) is 0 Å². The first-order valence-corrected chi connectivity index (χ1v) is 21.9. The van der Waals surface area contributed by atoms with Gasteiger partial charge in [0.25, 0.3) is 0 Å². The standard InChI is InChI=1S/C61H38N2/c1-7-25-53-45(19-1)46-20-2-8-26-54(46)61(53)55-27-9-3-21-47(55)48-33-31-42(37-56(48)61)40-16-13-15-39(35-40)41-17-14-18-43(36-41)63-59-30-12-6-24-51(59)52-34-32-44(38-60(52)63)62-57-28-10-4-22-49(57)50-23-5-11-29-58(50)62/h1-38H. The van der Waals surface area contributed by atoms with Gasteiger partial charge < -0.3 is 9.13 Å². The van der Waals surface area contributed by atoms with Gasteiger partial charge in [-0.15, -0.1) is 0 Å². The van der Waals surface area contributed by atoms with Gasteiger partial charge in [-0.1, -0.05) is 176 Å². The Labute approximate surface area is 365 Å². The summed E-state index contributed by atoms with van der Waals surface area (Å²) in [5, 5.41) is 5.02. The fraction of sp³-hybridized carbons (Fsp3) is 0.0164. The zero-order chi connectivity index (χ0) is 41.2. The minimum absolute atomic E-state index is 0.370. The van der Waals surface area contributed by atoms with E-state index in [1.54, 1.807) is 0 Å². The summed E-state index contributed by atoms with van der Waals surface area (Å²) in [6, 6.07) is 85.7. The van der Waals surface area contributed by atoms with Crippen molar-refractivity contribution in [2.75, 3.05) is 0 Å². The highest BCUT2D eigenvalue weighted by atomic mass is 15.0. The molecule has 0 N–H and O–H groups in total. The van der Waals surface area contributed by atoms with Crippen LogP contribution in [0.2, 0.25) is 0 Å². The summed E-state index contributed by atoms with van der Waals surface area (Å²) in [7, 11) is 0. The maximum atomic E-state index is 2.48. The molecule has 292 valence electrons. The van der Waals surface area contributed by atoms with E-state index in [1.165, 1.54) is 110 Å². The molecular formula is C61H38N2. The molecule has 0 radical (unpaired) electrons. The highest BCUT2D eigenvalue weighted by Crippen LogP contribution is 2.63. The topological polar surface area (TPSA) is 9.86 Å². The van der Waals surface area contributed by atoms with Crippen molar-refractivity contribution in [1.29, 1.82) is 0 Å². The quantitative estimate of drug-likeness (QED) is 0.168. The Balaban J connectivity index is 0.911. The molecule has 0 amide bonds. The highest BCUT2D eigenvalue weighted by Gasteiger charge is 2.51. The van der Waals surface area contributed by atoms with Gasteiger partial charge in [0.1, 0.15) is 0 Å². The molecule has 63 heavy (non-hydrogen) atoms. The molecule has 0 aliphatic heterocycles. The molecule has 2 aromatic heterocycles. The van der Waals surface area contributed by atoms with E-state index >= 15 is 0 Å². The van der Waals surface area contributed by atoms with Crippen molar-refractivity contribution in [3.8, 4) is 55.9 Å². The summed E-state index contributed by atoms with van der Waals surface area (Å²) in [5.41, 5.74) is 22.3. The molecule has 2 aliphatic rings. The lowest BCUT2D eigenvalue weighted by atomic mass is 9.70. The van der Waals surface area contributed by atoms with Crippen LogP contribution < -0.4 is 0 Å². The Hall–Kier alpha value is -8.20. The number of hydrogen-bond donors (Lipinski definition) is 0. The molecule has 2 heterocycles. The minimum atomic E-state index is -0.370. The van der Waals surface area contributed by atoms with Gasteiger partial charge in [0, 0.05) is 32.9 Å². The predicted molar refractivity (Wildman–Crippen MR) is 262 cm³/mol. The van der Waals surface area contributed by atoms with E-state index in [9.17, 15) is 0 Å². The Morgan fingerprint density at radius 1 is 0.238 bits per heavy atom. The molecule has 1 spiro atoms. The number of rotatable bonds is 4. The summed E-state index contributed by atoms with van der Waals surface area (Å²) in [6.45, 7) is 0. The molecule has 10 aromatic carbocycles. The third-order valence-electron chi connectivity index (χ3n) is 14.1. The van der Waals surface area contributed by atoms with Crippen LogP contribution in [0.15, 0.2) is 231 Å². The lowest BCUT2D eigenvalue weighted by Gasteiger charge is -2.30. The van der Waals surface area contributed by atoms with Gasteiger partial charge in [-0.25, -0.2) is 0 Å². The molecule has 14 rings (SSSR count). The van der Waals surface area contributed by atoms with Crippen LogP contribution in [-0.4, -0.2) is 9.13 Å². The van der Waals surface area contributed by atoms with Crippen LogP contribution in [0.1, 0.15) is 22.3 Å². The second kappa shape index (κ2) is 12.9. The number of fused-ring (bicyclic) bond motifs is 16. The van der Waals surface area contributed by atoms with Crippen LogP contribution in [0, 0.1) is 0 Å². The molecule has 0 atom stereocenters. The molecule has 2 aliphatic carbocycles. The van der Waals surface area contributed by atoms with Gasteiger partial charge in [-0.05, 0) is 121 Å². The van der Waals surface area contributed by atoms with Crippen molar-refractivity contribution < 1.29 is 0 Å². The summed E-state index contributed by atoms with van der Waals surface area (Å²) >= 11 is 0. The molecule has 12 aromatic rings. The number of aromatic nitrogens is 2. The molecule has 0 saturated carbocycles. The van der Waals surface area contributed by atoms with Gasteiger partial charge in [-0.2, -0.15) is 0 Å². The van der Waals surface area contributed by atoms with Gasteiger partial charge in [0.05, 0.1) is 27.5 Å². The second-order valence-corrected chi connectivity index (χ2v) is 17.2. The minimum Gasteiger partial charge on any atom is -0.309 e. The Kier molecular flexibility index (Phi) is 7.07. The summed E-state index contributed by atoms with van der Waals surface area (Å²) in [6.07, 6.45) is 0. The lowest BCUT2D eigenvalue weighted by molar-refractivity contribution is 0.794. The normalized spacial score (nSPS) is 13.2. The number of para-hydroxylation sites is 3. The first-order chi connectivity index (χ1) is 31.3. The number of benzene rings is 10. The van der Waals surface area contributed by atoms with E-state index in [-0.39, 0.29) is 5.41 Å². The average Bonchev–Trinajstić information content (AvgIpc) is 4.06. The SMILES string of the molecule is c1cc(-c2cccc(-n3c4ccccc4c4ccc(-n5c6ccccc6c6ccccc65)cc43)c2)cc(-c2ccc3c(c2)C2(c4ccccc4-c4ccccc42)c2ccccc2-3)c1. The first kappa shape index (κ1) is 34.5. The summed E-state index contributed by atoms with van der Waals surface area (Å²) in [5.74, 6) is 0. The van der Waals surface area contributed by atoms with Crippen molar-refractivity contribution in [3.63, 3.8) is 0 Å². The zero-order valence-electron chi connectivity index (χ0n) is 34.3. The molecule has 0 saturated heterocycles. The maximum Gasteiger partial charge on any atom is 0.0725 e. The van der Waals surface area contributed by atoms with E-state index < -0.39 is 0 Å². The zero-order valence-corrected chi connectivity index (χ0v) is 34.3. The van der Waals surface area contributed by atoms with Crippen LogP contribution in [0.5, 0.6) is 0 Å². The van der Waals surface area contributed by atoms with Gasteiger partial charge >= 0.3 is 0 Å². The smallest absolute Gasteiger partial charge is 0.0725 e. The van der Waals surface area contributed by atoms with Gasteiger partial charge in [0.15, 0.2) is 0 Å². The van der Waals surface area contributed by atoms with Crippen LogP contribution in [-0.2, 0) is 5.41 Å². The first-order valence-electron chi connectivity index (χ1n) is 21.9. The van der Waals surface area contributed by atoms with Crippen molar-refractivity contribution in [1.82, 2.24) is 9.13 Å². The fourth-order valence-electron chi connectivity index (χ4n) is 11.6. The average molecular weight is 799 g/mol. The molecular weight excluding hydrogens is 761 g/mol. The van der Waals surface area contributed by atoms with Crippen molar-refractivity contribution >= 4 is 43.6 Å². The van der Waals surface area contributed by atoms with Crippen LogP contribution >= 0.6 is 0 Å². The number of nitrogens with zero attached hydrogens (tertiary/aromatic N) is 2. The van der Waals surface area contributed by atoms with E-state index in [0.29, 0.717) is 0 Å². The molecule has 2 nitrogen and oxygen atoms in total. The fourth-order valence-corrected chi connectivity index (χ4v) is 11.6. The summed E-state index contributed by atoms with van der Waals surface area (Å²) < 4.78 is 4.86. The van der Waals surface area contributed by atoms with Crippen LogP contribution in [0.4, 0.5) is 0 Å². The van der Waals surface area contributed by atoms with E-state index in [1.807, 2.05) is 0 Å². The van der Waals surface area contributed by atoms with E-state index in [0.717, 1.165) is 11.4 Å². The molecule has 0 bridgehead atoms. The third kappa shape index (κ3) is 4.67. The number of hydrogen-bond acceptors (Lipinski definition) is 0. The highest BCUT2D eigenvalue weighted by molar-refractivity contribution is 6.12. The van der Waals surface area contributed by atoms with Gasteiger partial charge in [0.2, 0.25) is 0 Å². The lowest BCUT2D eigenvalue weighted by Crippen LogP contribution is -2.25. The van der Waals surface area contributed by atoms with Crippen LogP contribution in [0.3, 0.4) is 0 Å². The Bertz CT molecular complexity index is 3760. The Morgan fingerprint density at radius 3 is 1.22 bits per heavy atom.